The lowest BCUT2D eigenvalue weighted by Crippen LogP contribution is -2.09. The zero-order chi connectivity index (χ0) is 8.53. The third-order valence-corrected chi connectivity index (χ3v) is 1.02. The summed E-state index contributed by atoms with van der Waals surface area (Å²) in [6, 6.07) is 2.55. The third-order valence-electron chi connectivity index (χ3n) is 1.02. The van der Waals surface area contributed by atoms with Crippen molar-refractivity contribution in [3.8, 4) is 0 Å². The highest BCUT2D eigenvalue weighted by atomic mass is 35.5. The van der Waals surface area contributed by atoms with E-state index in [2.05, 4.69) is 16.0 Å². The number of nitrogens with zero attached hydrogens (tertiary/aromatic N) is 2. The van der Waals surface area contributed by atoms with Crippen LogP contribution in [0.1, 0.15) is 19.8 Å². The highest BCUT2D eigenvalue weighted by Gasteiger charge is 1.86. The third kappa shape index (κ3) is 11.9. The van der Waals surface area contributed by atoms with E-state index in [1.165, 1.54) is 0 Å². The largest absolute Gasteiger partial charge is 0.388 e. The average Bonchev–Trinajstić information content (AvgIpc) is 1.96. The molecule has 0 aromatic rings. The van der Waals surface area contributed by atoms with Gasteiger partial charge in [-0.1, -0.05) is 0 Å². The Morgan fingerprint density at radius 2 is 2.17 bits per heavy atom. The summed E-state index contributed by atoms with van der Waals surface area (Å²) in [5.74, 6) is 0.215. The van der Waals surface area contributed by atoms with E-state index in [4.69, 9.17) is 11.1 Å². The summed E-state index contributed by atoms with van der Waals surface area (Å²) in [5.41, 5.74) is 5.13. The molecule has 0 radical (unpaired) electrons. The van der Waals surface area contributed by atoms with Crippen LogP contribution < -0.4 is 5.73 Å². The van der Waals surface area contributed by atoms with Crippen LogP contribution >= 0.6 is 12.4 Å². The molecule has 0 heterocycles. The summed E-state index contributed by atoms with van der Waals surface area (Å²) in [7, 11) is 0. The first-order valence-corrected chi connectivity index (χ1v) is 3.68. The van der Waals surface area contributed by atoms with Gasteiger partial charge in [0.25, 0.3) is 0 Å². The molecule has 70 valence electrons. The Balaban J connectivity index is 0. The quantitative estimate of drug-likeness (QED) is 0.383. The minimum atomic E-state index is 0. The normalized spacial score (nSPS) is 7.75. The van der Waals surface area contributed by atoms with Gasteiger partial charge in [0.15, 0.2) is 0 Å². The molecule has 0 bridgehead atoms. The van der Waals surface area contributed by atoms with Crippen molar-refractivity contribution in [2.75, 3.05) is 13.1 Å². The second-order valence-electron chi connectivity index (χ2n) is 2.08. The van der Waals surface area contributed by atoms with Gasteiger partial charge in [0.2, 0.25) is 0 Å². The van der Waals surface area contributed by atoms with Crippen LogP contribution in [0, 0.1) is 5.41 Å². The van der Waals surface area contributed by atoms with Crippen LogP contribution in [0.4, 0.5) is 0 Å². The smallest absolute Gasteiger partial charge is 0.0906 e. The second-order valence-corrected chi connectivity index (χ2v) is 2.08. The fourth-order valence-electron chi connectivity index (χ4n) is 0.519. The molecule has 0 rings (SSSR count). The van der Waals surface area contributed by atoms with Gasteiger partial charge in [-0.2, -0.15) is 0 Å². The molecule has 0 aliphatic rings. The minimum Gasteiger partial charge on any atom is -0.388 e. The highest BCUT2D eigenvalue weighted by Crippen LogP contribution is 1.86. The summed E-state index contributed by atoms with van der Waals surface area (Å²) in [4.78, 5) is 7.65. The molecule has 0 amide bonds. The van der Waals surface area contributed by atoms with Gasteiger partial charge in [0.1, 0.15) is 0 Å². The van der Waals surface area contributed by atoms with Crippen LogP contribution in [-0.4, -0.2) is 24.9 Å². The van der Waals surface area contributed by atoms with Gasteiger partial charge in [-0.25, -0.2) is 9.98 Å². The Kier molecular flexibility index (Phi) is 11.6. The summed E-state index contributed by atoms with van der Waals surface area (Å²) in [6.45, 7) is 3.30. The molecule has 0 aromatic heterocycles. The Hall–Kier alpha value is -0.860. The van der Waals surface area contributed by atoms with Crippen LogP contribution in [0.5, 0.6) is 0 Å². The molecule has 0 spiro atoms. The topological polar surface area (TPSA) is 74.6 Å². The summed E-state index contributed by atoms with van der Waals surface area (Å²) in [6.07, 6.45) is 1.42. The number of hydrogen-bond acceptors (Lipinski definition) is 3. The van der Waals surface area contributed by atoms with Gasteiger partial charge in [-0.05, 0) is 13.3 Å². The zero-order valence-electron chi connectivity index (χ0n) is 7.21. The number of halogens is 1. The van der Waals surface area contributed by atoms with Gasteiger partial charge >= 0.3 is 0 Å². The minimum absolute atomic E-state index is 0. The molecule has 0 aromatic carbocycles. The molecule has 12 heavy (non-hydrogen) atoms. The van der Waals surface area contributed by atoms with Crippen LogP contribution in [-0.2, 0) is 0 Å². The van der Waals surface area contributed by atoms with Crippen LogP contribution in [0.15, 0.2) is 9.98 Å². The van der Waals surface area contributed by atoms with Crippen molar-refractivity contribution in [2.24, 2.45) is 15.7 Å². The van der Waals surface area contributed by atoms with E-state index in [0.29, 0.717) is 13.0 Å². The molecule has 3 N–H and O–H groups in total. The Morgan fingerprint density at radius 3 is 2.67 bits per heavy atom. The van der Waals surface area contributed by atoms with Crippen molar-refractivity contribution < 1.29 is 0 Å². The second kappa shape index (κ2) is 10.1. The lowest BCUT2D eigenvalue weighted by molar-refractivity contribution is 0.872. The number of nitrogens with two attached hydrogens (primary N) is 1. The predicted octanol–water partition coefficient (Wildman–Crippen LogP) is 1.32. The lowest BCUT2D eigenvalue weighted by atomic mass is 10.3. The van der Waals surface area contributed by atoms with E-state index < -0.39 is 0 Å². The molecule has 0 saturated carbocycles. The van der Waals surface area contributed by atoms with Gasteiger partial charge in [-0.15, -0.1) is 12.4 Å². The van der Waals surface area contributed by atoms with Gasteiger partial charge in [0.05, 0.1) is 18.4 Å². The fraction of sp³-hybridized carbons (Fsp3) is 0.714. The van der Waals surface area contributed by atoms with Crippen LogP contribution in [0.3, 0.4) is 0 Å². The Morgan fingerprint density at radius 1 is 1.50 bits per heavy atom. The number of rotatable bonds is 5. The maximum Gasteiger partial charge on any atom is 0.0906 e. The van der Waals surface area contributed by atoms with Crippen molar-refractivity contribution in [2.45, 2.75) is 19.8 Å². The summed E-state index contributed by atoms with van der Waals surface area (Å²) in [5, 5.41) is 6.90. The first-order chi connectivity index (χ1) is 5.27. The molecule has 0 unspecified atom stereocenters. The Labute approximate surface area is 78.9 Å². The van der Waals surface area contributed by atoms with E-state index >= 15 is 0 Å². The highest BCUT2D eigenvalue weighted by molar-refractivity contribution is 5.85. The fourth-order valence-corrected chi connectivity index (χ4v) is 0.519. The van der Waals surface area contributed by atoms with E-state index in [1.54, 1.807) is 0 Å². The number of amidine groups is 1. The number of nitrogens with one attached hydrogen (secondary N) is 1. The van der Waals surface area contributed by atoms with E-state index in [-0.39, 0.29) is 18.2 Å². The summed E-state index contributed by atoms with van der Waals surface area (Å²) < 4.78 is 0. The van der Waals surface area contributed by atoms with Crippen molar-refractivity contribution in [3.05, 3.63) is 0 Å². The van der Waals surface area contributed by atoms with E-state index in [0.717, 1.165) is 13.0 Å². The van der Waals surface area contributed by atoms with Crippen molar-refractivity contribution in [1.82, 2.24) is 0 Å². The van der Waals surface area contributed by atoms with Gasteiger partial charge in [0, 0.05) is 13.0 Å². The Bertz CT molecular complexity index is 172. The molecular weight excluding hydrogens is 176 g/mol. The summed E-state index contributed by atoms with van der Waals surface area (Å²) >= 11 is 0. The van der Waals surface area contributed by atoms with Crippen molar-refractivity contribution in [3.63, 3.8) is 0 Å². The first-order valence-electron chi connectivity index (χ1n) is 3.68. The maximum absolute atomic E-state index is 6.90. The lowest BCUT2D eigenvalue weighted by Gasteiger charge is -1.91. The van der Waals surface area contributed by atoms with E-state index in [1.807, 2.05) is 6.92 Å². The number of hydrogen-bond donors (Lipinski definition) is 2. The first kappa shape index (κ1) is 13.7. The van der Waals surface area contributed by atoms with Crippen molar-refractivity contribution in [1.29, 1.82) is 5.41 Å². The molecule has 0 aliphatic heterocycles. The molecule has 0 saturated heterocycles. The van der Waals surface area contributed by atoms with Crippen molar-refractivity contribution >= 4 is 24.3 Å². The molecule has 4 nitrogen and oxygen atoms in total. The average molecular weight is 191 g/mol. The van der Waals surface area contributed by atoms with Crippen LogP contribution in [0.25, 0.3) is 0 Å². The molecule has 0 atom stereocenters. The maximum atomic E-state index is 6.90. The standard InChI is InChI=1S/C7H14N4.ClH/c1-2-10-6-11-5-3-4-7(8)9;/h2-5H2,1H3,(H3,8,9);1H. The monoisotopic (exact) mass is 190 g/mol. The van der Waals surface area contributed by atoms with Gasteiger partial charge in [-0.3, -0.25) is 5.41 Å². The zero-order valence-corrected chi connectivity index (χ0v) is 8.02. The van der Waals surface area contributed by atoms with Crippen LogP contribution in [0.2, 0.25) is 0 Å². The molecular formula is C7H15ClN4. The van der Waals surface area contributed by atoms with Gasteiger partial charge < -0.3 is 5.73 Å². The SMILES string of the molecule is CCN=C=NCCCC(=N)N.Cl. The number of aliphatic imine (C=N–C) groups is 2. The predicted molar refractivity (Wildman–Crippen MR) is 53.7 cm³/mol. The molecule has 0 aliphatic carbocycles. The van der Waals surface area contributed by atoms with E-state index in [9.17, 15) is 0 Å². The molecule has 0 fully saturated rings. The molecule has 5 heteroatoms.